The van der Waals surface area contributed by atoms with Gasteiger partial charge in [0, 0.05) is 24.2 Å². The third kappa shape index (κ3) is 3.39. The monoisotopic (exact) mass is 355 g/mol. The average molecular weight is 355 g/mol. The van der Waals surface area contributed by atoms with Crippen LogP contribution in [0.5, 0.6) is 0 Å². The molecule has 26 heavy (non-hydrogen) atoms. The van der Waals surface area contributed by atoms with Gasteiger partial charge in [-0.05, 0) is 37.6 Å². The van der Waals surface area contributed by atoms with Gasteiger partial charge in [0.25, 0.3) is 0 Å². The van der Waals surface area contributed by atoms with E-state index in [1.807, 2.05) is 18.5 Å². The summed E-state index contributed by atoms with van der Waals surface area (Å²) in [6.45, 7) is 5.85. The van der Waals surface area contributed by atoms with Crippen molar-refractivity contribution in [3.05, 3.63) is 59.8 Å². The molecule has 0 amide bonds. The second-order valence-electron chi connectivity index (χ2n) is 7.05. The molecule has 0 aliphatic carbocycles. The first-order valence-electron chi connectivity index (χ1n) is 8.97. The molecule has 0 saturated carbocycles. The second-order valence-corrected chi connectivity index (χ2v) is 7.05. The lowest BCUT2D eigenvalue weighted by Crippen LogP contribution is -2.22. The topological polar surface area (TPSA) is 60.0 Å². The summed E-state index contributed by atoms with van der Waals surface area (Å²) in [5.41, 5.74) is 1.79. The van der Waals surface area contributed by atoms with E-state index in [0.29, 0.717) is 11.6 Å². The molecule has 0 radical (unpaired) electrons. The first kappa shape index (κ1) is 16.9. The minimum atomic E-state index is -0.267. The standard InChI is InChI=1S/C19H22FN5O/c1-13(2)18-22-19(26-23-18)17-7-4-8-24(17)11-14-10-21-25(12-14)16-6-3-5-15(20)9-16/h3,5-6,9-10,12-13,17H,4,7-8,11H2,1-2H3/t17-/m0/s1. The fourth-order valence-corrected chi connectivity index (χ4v) is 3.35. The molecule has 1 aromatic carbocycles. The largest absolute Gasteiger partial charge is 0.338 e. The average Bonchev–Trinajstić information content (AvgIpc) is 3.35. The Bertz CT molecular complexity index is 887. The smallest absolute Gasteiger partial charge is 0.244 e. The Balaban J connectivity index is 1.49. The molecule has 2 aromatic heterocycles. The highest BCUT2D eigenvalue weighted by Gasteiger charge is 2.31. The van der Waals surface area contributed by atoms with Crippen molar-refractivity contribution in [1.82, 2.24) is 24.8 Å². The zero-order valence-corrected chi connectivity index (χ0v) is 15.0. The zero-order chi connectivity index (χ0) is 18.1. The molecule has 1 atom stereocenters. The maximum Gasteiger partial charge on any atom is 0.244 e. The number of likely N-dealkylation sites (tertiary alicyclic amines) is 1. The van der Waals surface area contributed by atoms with Crippen LogP contribution in [0.15, 0.2) is 41.2 Å². The summed E-state index contributed by atoms with van der Waals surface area (Å²) >= 11 is 0. The fraction of sp³-hybridized carbons (Fsp3) is 0.421. The van der Waals surface area contributed by atoms with Gasteiger partial charge < -0.3 is 4.52 Å². The molecule has 4 rings (SSSR count). The summed E-state index contributed by atoms with van der Waals surface area (Å²) in [6, 6.07) is 6.57. The minimum absolute atomic E-state index is 0.146. The highest BCUT2D eigenvalue weighted by atomic mass is 19.1. The molecule has 0 N–H and O–H groups in total. The van der Waals surface area contributed by atoms with Gasteiger partial charge in [-0.1, -0.05) is 25.1 Å². The number of aromatic nitrogens is 4. The number of benzene rings is 1. The summed E-state index contributed by atoms with van der Waals surface area (Å²) < 4.78 is 20.6. The van der Waals surface area contributed by atoms with E-state index in [9.17, 15) is 4.39 Å². The molecule has 3 heterocycles. The molecular formula is C19H22FN5O. The van der Waals surface area contributed by atoms with Gasteiger partial charge in [0.15, 0.2) is 5.82 Å². The highest BCUT2D eigenvalue weighted by molar-refractivity contribution is 5.31. The van der Waals surface area contributed by atoms with Gasteiger partial charge in [-0.15, -0.1) is 0 Å². The van der Waals surface area contributed by atoms with Gasteiger partial charge in [-0.2, -0.15) is 10.1 Å². The number of rotatable bonds is 5. The van der Waals surface area contributed by atoms with Crippen molar-refractivity contribution in [2.75, 3.05) is 6.54 Å². The summed E-state index contributed by atoms with van der Waals surface area (Å²) in [5, 5.41) is 8.46. The number of nitrogens with zero attached hydrogens (tertiary/aromatic N) is 5. The van der Waals surface area contributed by atoms with Gasteiger partial charge in [-0.3, -0.25) is 4.90 Å². The van der Waals surface area contributed by atoms with Crippen LogP contribution in [-0.4, -0.2) is 31.4 Å². The van der Waals surface area contributed by atoms with Crippen molar-refractivity contribution in [3.8, 4) is 5.69 Å². The van der Waals surface area contributed by atoms with E-state index in [1.165, 1.54) is 12.1 Å². The van der Waals surface area contributed by atoms with Crippen LogP contribution < -0.4 is 0 Å². The van der Waals surface area contributed by atoms with Crippen LogP contribution in [0.2, 0.25) is 0 Å². The van der Waals surface area contributed by atoms with Crippen LogP contribution in [0.3, 0.4) is 0 Å². The predicted molar refractivity (Wildman–Crippen MR) is 94.3 cm³/mol. The lowest BCUT2D eigenvalue weighted by Gasteiger charge is -2.20. The predicted octanol–water partition coefficient (Wildman–Crippen LogP) is 3.85. The lowest BCUT2D eigenvalue weighted by atomic mass is 10.2. The molecule has 136 valence electrons. The van der Waals surface area contributed by atoms with Crippen molar-refractivity contribution >= 4 is 0 Å². The van der Waals surface area contributed by atoms with Crippen LogP contribution in [-0.2, 0) is 6.54 Å². The highest BCUT2D eigenvalue weighted by Crippen LogP contribution is 2.32. The van der Waals surface area contributed by atoms with E-state index in [-0.39, 0.29) is 17.8 Å². The van der Waals surface area contributed by atoms with Gasteiger partial charge in [0.05, 0.1) is 17.9 Å². The van der Waals surface area contributed by atoms with Gasteiger partial charge >= 0.3 is 0 Å². The van der Waals surface area contributed by atoms with Crippen LogP contribution in [0.1, 0.15) is 55.9 Å². The molecule has 1 aliphatic heterocycles. The Hall–Kier alpha value is -2.54. The van der Waals surface area contributed by atoms with Crippen molar-refractivity contribution in [2.24, 2.45) is 0 Å². The van der Waals surface area contributed by atoms with E-state index < -0.39 is 0 Å². The third-order valence-corrected chi connectivity index (χ3v) is 4.72. The Labute approximate surface area is 151 Å². The second kappa shape index (κ2) is 6.99. The Kier molecular flexibility index (Phi) is 4.55. The fourth-order valence-electron chi connectivity index (χ4n) is 3.35. The number of hydrogen-bond donors (Lipinski definition) is 0. The van der Waals surface area contributed by atoms with Crippen LogP contribution >= 0.6 is 0 Å². The molecule has 6 nitrogen and oxygen atoms in total. The molecule has 0 bridgehead atoms. The maximum atomic E-state index is 13.4. The summed E-state index contributed by atoms with van der Waals surface area (Å²) in [4.78, 5) is 6.90. The third-order valence-electron chi connectivity index (χ3n) is 4.72. The van der Waals surface area contributed by atoms with E-state index in [1.54, 1.807) is 10.7 Å². The van der Waals surface area contributed by atoms with E-state index in [2.05, 4.69) is 34.0 Å². The number of halogens is 1. The molecular weight excluding hydrogens is 333 g/mol. The Morgan fingerprint density at radius 1 is 1.35 bits per heavy atom. The molecule has 7 heteroatoms. The quantitative estimate of drug-likeness (QED) is 0.696. The van der Waals surface area contributed by atoms with Gasteiger partial charge in [0.1, 0.15) is 5.82 Å². The molecule has 0 spiro atoms. The first-order chi connectivity index (χ1) is 12.6. The van der Waals surface area contributed by atoms with Crippen molar-refractivity contribution in [1.29, 1.82) is 0 Å². The Morgan fingerprint density at radius 3 is 3.00 bits per heavy atom. The van der Waals surface area contributed by atoms with Crippen LogP contribution in [0, 0.1) is 5.82 Å². The van der Waals surface area contributed by atoms with Crippen molar-refractivity contribution in [2.45, 2.75) is 45.2 Å². The summed E-state index contributed by atoms with van der Waals surface area (Å²) in [7, 11) is 0. The van der Waals surface area contributed by atoms with Crippen molar-refractivity contribution in [3.63, 3.8) is 0 Å². The molecule has 3 aromatic rings. The SMILES string of the molecule is CC(C)c1noc([C@@H]2CCCN2Cc2cnn(-c3cccc(F)c3)c2)n1. The summed E-state index contributed by atoms with van der Waals surface area (Å²) in [5.74, 6) is 1.44. The normalized spacial score (nSPS) is 18.1. The number of hydrogen-bond acceptors (Lipinski definition) is 5. The van der Waals surface area contributed by atoms with Gasteiger partial charge in [-0.25, -0.2) is 9.07 Å². The molecule has 1 saturated heterocycles. The maximum absolute atomic E-state index is 13.4. The van der Waals surface area contributed by atoms with Crippen molar-refractivity contribution < 1.29 is 8.91 Å². The molecule has 1 aliphatic rings. The molecule has 0 unspecified atom stereocenters. The van der Waals surface area contributed by atoms with E-state index in [0.717, 1.165) is 37.3 Å². The van der Waals surface area contributed by atoms with E-state index >= 15 is 0 Å². The molecule has 1 fully saturated rings. The lowest BCUT2D eigenvalue weighted by molar-refractivity contribution is 0.201. The van der Waals surface area contributed by atoms with Gasteiger partial charge in [0.2, 0.25) is 5.89 Å². The van der Waals surface area contributed by atoms with Crippen LogP contribution in [0.25, 0.3) is 5.69 Å². The minimum Gasteiger partial charge on any atom is -0.338 e. The Morgan fingerprint density at radius 2 is 2.23 bits per heavy atom. The zero-order valence-electron chi connectivity index (χ0n) is 15.0. The van der Waals surface area contributed by atoms with E-state index in [4.69, 9.17) is 4.52 Å². The summed E-state index contributed by atoms with van der Waals surface area (Å²) in [6.07, 6.45) is 5.88. The van der Waals surface area contributed by atoms with Crippen LogP contribution in [0.4, 0.5) is 4.39 Å². The first-order valence-corrected chi connectivity index (χ1v) is 8.97.